The van der Waals surface area contributed by atoms with Crippen LogP contribution in [0.15, 0.2) is 30.9 Å². The second-order valence-electron chi connectivity index (χ2n) is 4.48. The van der Waals surface area contributed by atoms with E-state index in [-0.39, 0.29) is 0 Å². The van der Waals surface area contributed by atoms with Gasteiger partial charge in [0.25, 0.3) is 0 Å². The zero-order chi connectivity index (χ0) is 12.3. The van der Waals surface area contributed by atoms with Crippen molar-refractivity contribution in [1.82, 2.24) is 14.5 Å². The van der Waals surface area contributed by atoms with Crippen LogP contribution in [-0.2, 0) is 6.54 Å². The maximum Gasteiger partial charge on any atom is 0.203 e. The molecule has 4 nitrogen and oxygen atoms in total. The van der Waals surface area contributed by atoms with Gasteiger partial charge in [-0.1, -0.05) is 0 Å². The van der Waals surface area contributed by atoms with Gasteiger partial charge in [0.05, 0.1) is 6.54 Å². The minimum atomic E-state index is 0.381. The van der Waals surface area contributed by atoms with Crippen LogP contribution in [0.4, 0.5) is 5.95 Å². The van der Waals surface area contributed by atoms with Gasteiger partial charge in [-0.25, -0.2) is 4.98 Å². The lowest BCUT2D eigenvalue weighted by atomic mass is 10.1. The highest BCUT2D eigenvalue weighted by Gasteiger charge is 2.05. The van der Waals surface area contributed by atoms with Crippen LogP contribution < -0.4 is 5.32 Å². The van der Waals surface area contributed by atoms with Crippen LogP contribution in [0, 0.1) is 6.92 Å². The third-order valence-electron chi connectivity index (χ3n) is 2.62. The highest BCUT2D eigenvalue weighted by Crippen LogP contribution is 2.12. The van der Waals surface area contributed by atoms with Gasteiger partial charge in [-0.05, 0) is 38.0 Å². The van der Waals surface area contributed by atoms with Gasteiger partial charge >= 0.3 is 0 Å². The molecule has 0 aliphatic rings. The number of pyridine rings is 1. The summed E-state index contributed by atoms with van der Waals surface area (Å²) in [6, 6.07) is 2.41. The Bertz CT molecular complexity index is 488. The molecule has 0 aliphatic heterocycles. The van der Waals surface area contributed by atoms with Crippen molar-refractivity contribution in [3.63, 3.8) is 0 Å². The minimum absolute atomic E-state index is 0.381. The van der Waals surface area contributed by atoms with Crippen LogP contribution in [-0.4, -0.2) is 20.6 Å². The smallest absolute Gasteiger partial charge is 0.203 e. The van der Waals surface area contributed by atoms with E-state index in [2.05, 4.69) is 40.6 Å². The molecule has 0 fully saturated rings. The van der Waals surface area contributed by atoms with Crippen LogP contribution in [0.1, 0.15) is 25.0 Å². The topological polar surface area (TPSA) is 42.7 Å². The lowest BCUT2D eigenvalue weighted by Gasteiger charge is -2.13. The lowest BCUT2D eigenvalue weighted by Crippen LogP contribution is -2.15. The highest BCUT2D eigenvalue weighted by molar-refractivity contribution is 5.30. The fraction of sp³-hybridized carbons (Fsp3) is 0.385. The fourth-order valence-corrected chi connectivity index (χ4v) is 1.68. The predicted molar refractivity (Wildman–Crippen MR) is 69.1 cm³/mol. The molecule has 0 aromatic carbocycles. The quantitative estimate of drug-likeness (QED) is 0.877. The van der Waals surface area contributed by atoms with E-state index in [1.165, 1.54) is 11.1 Å². The Labute approximate surface area is 102 Å². The molecule has 90 valence electrons. The third-order valence-corrected chi connectivity index (χ3v) is 2.62. The maximum atomic E-state index is 4.31. The van der Waals surface area contributed by atoms with Crippen LogP contribution in [0.2, 0.25) is 0 Å². The Morgan fingerprint density at radius 3 is 2.88 bits per heavy atom. The first-order valence-electron chi connectivity index (χ1n) is 5.84. The van der Waals surface area contributed by atoms with Gasteiger partial charge in [0, 0.05) is 30.8 Å². The van der Waals surface area contributed by atoms with Crippen LogP contribution in [0.3, 0.4) is 0 Å². The van der Waals surface area contributed by atoms with E-state index in [9.17, 15) is 0 Å². The molecule has 4 heteroatoms. The van der Waals surface area contributed by atoms with Crippen molar-refractivity contribution in [3.8, 4) is 0 Å². The van der Waals surface area contributed by atoms with Gasteiger partial charge < -0.3 is 9.88 Å². The minimum Gasteiger partial charge on any atom is -0.353 e. The second kappa shape index (κ2) is 4.99. The zero-order valence-electron chi connectivity index (χ0n) is 10.5. The molecule has 0 radical (unpaired) electrons. The Morgan fingerprint density at radius 1 is 1.35 bits per heavy atom. The molecule has 0 aliphatic carbocycles. The molecular formula is C13H18N4. The van der Waals surface area contributed by atoms with E-state index in [0.717, 1.165) is 12.5 Å². The number of anilines is 1. The van der Waals surface area contributed by atoms with E-state index >= 15 is 0 Å². The summed E-state index contributed by atoms with van der Waals surface area (Å²) in [5.74, 6) is 0.906. The molecule has 0 atom stereocenters. The van der Waals surface area contributed by atoms with Gasteiger partial charge in [0.2, 0.25) is 5.95 Å². The number of nitrogens with zero attached hydrogens (tertiary/aromatic N) is 3. The van der Waals surface area contributed by atoms with Gasteiger partial charge in [-0.2, -0.15) is 0 Å². The van der Waals surface area contributed by atoms with Crippen LogP contribution in [0.5, 0.6) is 0 Å². The molecule has 2 aromatic rings. The zero-order valence-corrected chi connectivity index (χ0v) is 10.5. The van der Waals surface area contributed by atoms with Crippen molar-refractivity contribution in [3.05, 3.63) is 42.0 Å². The molecule has 0 saturated heterocycles. The third kappa shape index (κ3) is 2.84. The van der Waals surface area contributed by atoms with E-state index in [4.69, 9.17) is 0 Å². The molecule has 17 heavy (non-hydrogen) atoms. The average molecular weight is 230 g/mol. The first-order valence-corrected chi connectivity index (χ1v) is 5.84. The largest absolute Gasteiger partial charge is 0.353 e. The van der Waals surface area contributed by atoms with Crippen molar-refractivity contribution in [1.29, 1.82) is 0 Å². The summed E-state index contributed by atoms with van der Waals surface area (Å²) >= 11 is 0. The van der Waals surface area contributed by atoms with Crippen LogP contribution >= 0.6 is 0 Å². The van der Waals surface area contributed by atoms with E-state index in [1.54, 1.807) is 0 Å². The summed E-state index contributed by atoms with van der Waals surface area (Å²) in [6.07, 6.45) is 7.53. The van der Waals surface area contributed by atoms with Crippen molar-refractivity contribution < 1.29 is 0 Å². The predicted octanol–water partition coefficient (Wildman–Crippen LogP) is 2.46. The standard InChI is InChI=1S/C13H18N4/c1-10(2)16-13-15-6-7-17(13)9-12-8-14-5-4-11(12)3/h4-8,10H,9H2,1-3H3,(H,15,16). The number of imidazole rings is 1. The van der Waals surface area contributed by atoms with Crippen molar-refractivity contribution in [2.75, 3.05) is 5.32 Å². The summed E-state index contributed by atoms with van der Waals surface area (Å²) in [5.41, 5.74) is 2.47. The van der Waals surface area contributed by atoms with Crippen molar-refractivity contribution >= 4 is 5.95 Å². The first-order chi connectivity index (χ1) is 8.16. The molecule has 0 spiro atoms. The Balaban J connectivity index is 2.19. The van der Waals surface area contributed by atoms with Crippen molar-refractivity contribution in [2.24, 2.45) is 0 Å². The van der Waals surface area contributed by atoms with Crippen molar-refractivity contribution in [2.45, 2.75) is 33.4 Å². The van der Waals surface area contributed by atoms with Gasteiger partial charge in [-0.3, -0.25) is 4.98 Å². The number of rotatable bonds is 4. The summed E-state index contributed by atoms with van der Waals surface area (Å²) in [6.45, 7) is 7.11. The normalized spacial score (nSPS) is 10.8. The summed E-state index contributed by atoms with van der Waals surface area (Å²) in [4.78, 5) is 8.48. The molecule has 0 amide bonds. The molecular weight excluding hydrogens is 212 g/mol. The van der Waals surface area contributed by atoms with E-state index in [1.807, 2.05) is 30.9 Å². The highest BCUT2D eigenvalue weighted by atomic mass is 15.2. The van der Waals surface area contributed by atoms with Crippen LogP contribution in [0.25, 0.3) is 0 Å². The maximum absolute atomic E-state index is 4.31. The van der Waals surface area contributed by atoms with E-state index < -0.39 is 0 Å². The summed E-state index contributed by atoms with van der Waals surface area (Å²) in [7, 11) is 0. The number of nitrogens with one attached hydrogen (secondary N) is 1. The molecule has 1 N–H and O–H groups in total. The Hall–Kier alpha value is -1.84. The second-order valence-corrected chi connectivity index (χ2v) is 4.48. The van der Waals surface area contributed by atoms with Gasteiger partial charge in [0.1, 0.15) is 0 Å². The SMILES string of the molecule is Cc1ccncc1Cn1ccnc1NC(C)C. The number of hydrogen-bond acceptors (Lipinski definition) is 3. The number of aromatic nitrogens is 3. The van der Waals surface area contributed by atoms with Gasteiger partial charge in [-0.15, -0.1) is 0 Å². The molecule has 0 saturated carbocycles. The molecule has 0 unspecified atom stereocenters. The first kappa shape index (κ1) is 11.6. The molecule has 2 rings (SSSR count). The molecule has 2 aromatic heterocycles. The Kier molecular flexibility index (Phi) is 3.42. The Morgan fingerprint density at radius 2 is 2.18 bits per heavy atom. The molecule has 0 bridgehead atoms. The average Bonchev–Trinajstić information content (AvgIpc) is 2.68. The molecule has 2 heterocycles. The number of hydrogen-bond donors (Lipinski definition) is 1. The monoisotopic (exact) mass is 230 g/mol. The van der Waals surface area contributed by atoms with E-state index in [0.29, 0.717) is 6.04 Å². The summed E-state index contributed by atoms with van der Waals surface area (Å²) < 4.78 is 2.10. The number of aryl methyl sites for hydroxylation is 1. The summed E-state index contributed by atoms with van der Waals surface area (Å²) in [5, 5.41) is 3.32. The lowest BCUT2D eigenvalue weighted by molar-refractivity contribution is 0.767. The fourth-order valence-electron chi connectivity index (χ4n) is 1.68. The van der Waals surface area contributed by atoms with Gasteiger partial charge in [0.15, 0.2) is 0 Å².